The van der Waals surface area contributed by atoms with Crippen LogP contribution in [0.25, 0.3) is 0 Å². The SMILES string of the molecule is CCCC(CCC)(C(=O)O)S(=O)(=O)c1cc(Br)ccc1Br. The summed E-state index contributed by atoms with van der Waals surface area (Å²) in [5.74, 6) is -1.28. The van der Waals surface area contributed by atoms with Gasteiger partial charge in [0.05, 0.1) is 4.90 Å². The second-order valence-corrected chi connectivity index (χ2v) is 8.88. The highest BCUT2D eigenvalue weighted by molar-refractivity contribution is 9.11. The Kier molecular flexibility index (Phi) is 6.43. The average molecular weight is 442 g/mol. The summed E-state index contributed by atoms with van der Waals surface area (Å²) < 4.78 is 25.2. The van der Waals surface area contributed by atoms with Crippen LogP contribution in [-0.2, 0) is 14.6 Å². The number of carbonyl (C=O) groups is 1. The van der Waals surface area contributed by atoms with E-state index in [1.165, 1.54) is 6.07 Å². The van der Waals surface area contributed by atoms with Crippen molar-refractivity contribution in [1.29, 1.82) is 0 Å². The van der Waals surface area contributed by atoms with Gasteiger partial charge in [0.15, 0.2) is 14.6 Å². The Hall–Kier alpha value is -0.400. The fraction of sp³-hybridized carbons (Fsp3) is 0.500. The van der Waals surface area contributed by atoms with E-state index in [9.17, 15) is 18.3 Å². The number of carboxylic acid groups (broad SMARTS) is 1. The molecule has 0 saturated carbocycles. The zero-order chi connectivity index (χ0) is 16.3. The van der Waals surface area contributed by atoms with E-state index in [1.54, 1.807) is 26.0 Å². The maximum absolute atomic E-state index is 13.0. The van der Waals surface area contributed by atoms with Gasteiger partial charge in [-0.1, -0.05) is 42.6 Å². The largest absolute Gasteiger partial charge is 0.480 e. The van der Waals surface area contributed by atoms with Gasteiger partial charge in [-0.3, -0.25) is 4.79 Å². The number of rotatable bonds is 7. The van der Waals surface area contributed by atoms with Gasteiger partial charge in [-0.05, 0) is 47.0 Å². The van der Waals surface area contributed by atoms with Gasteiger partial charge >= 0.3 is 5.97 Å². The number of carboxylic acids is 1. The van der Waals surface area contributed by atoms with E-state index in [0.717, 1.165) is 0 Å². The minimum Gasteiger partial charge on any atom is -0.480 e. The molecule has 0 unspecified atom stereocenters. The van der Waals surface area contributed by atoms with Crippen LogP contribution in [0.5, 0.6) is 0 Å². The highest BCUT2D eigenvalue weighted by Gasteiger charge is 2.50. The zero-order valence-corrected chi connectivity index (χ0v) is 15.9. The summed E-state index contributed by atoms with van der Waals surface area (Å²) in [6.45, 7) is 3.58. The summed E-state index contributed by atoms with van der Waals surface area (Å²) in [7, 11) is -4.02. The van der Waals surface area contributed by atoms with Gasteiger partial charge in [0.25, 0.3) is 0 Å². The van der Waals surface area contributed by atoms with E-state index >= 15 is 0 Å². The number of aliphatic carboxylic acids is 1. The number of hydrogen-bond acceptors (Lipinski definition) is 3. The molecule has 1 rings (SSSR count). The van der Waals surface area contributed by atoms with Crippen LogP contribution in [0.15, 0.2) is 32.0 Å². The minimum atomic E-state index is -4.02. The average Bonchev–Trinajstić information content (AvgIpc) is 2.40. The number of hydrogen-bond donors (Lipinski definition) is 1. The second-order valence-electron chi connectivity index (χ2n) is 4.88. The molecule has 1 N–H and O–H groups in total. The van der Waals surface area contributed by atoms with Gasteiger partial charge in [-0.25, -0.2) is 8.42 Å². The molecule has 7 heteroatoms. The Morgan fingerprint density at radius 3 is 2.14 bits per heavy atom. The lowest BCUT2D eigenvalue weighted by Crippen LogP contribution is -2.46. The van der Waals surface area contributed by atoms with Crippen molar-refractivity contribution in [3.63, 3.8) is 0 Å². The van der Waals surface area contributed by atoms with Crippen LogP contribution in [0, 0.1) is 0 Å². The molecule has 0 aliphatic heterocycles. The highest BCUT2D eigenvalue weighted by Crippen LogP contribution is 2.38. The standard InChI is InChI=1S/C14H18Br2O4S/c1-3-7-14(8-4-2,13(17)18)21(19,20)12-9-10(15)5-6-11(12)16/h5-6,9H,3-4,7-8H2,1-2H3,(H,17,18). The first-order chi connectivity index (χ1) is 9.72. The summed E-state index contributed by atoms with van der Waals surface area (Å²) in [6.07, 6.45) is 1.16. The van der Waals surface area contributed by atoms with Crippen LogP contribution in [0.4, 0.5) is 0 Å². The third kappa shape index (κ3) is 3.51. The third-order valence-electron chi connectivity index (χ3n) is 3.39. The molecule has 0 bridgehead atoms. The quantitative estimate of drug-likeness (QED) is 0.680. The molecule has 21 heavy (non-hydrogen) atoms. The predicted molar refractivity (Wildman–Crippen MR) is 89.2 cm³/mol. The van der Waals surface area contributed by atoms with Crippen molar-refractivity contribution < 1.29 is 18.3 Å². The predicted octanol–water partition coefficient (Wildman–Crippen LogP) is 4.41. The fourth-order valence-electron chi connectivity index (χ4n) is 2.42. The van der Waals surface area contributed by atoms with Crippen molar-refractivity contribution >= 4 is 47.7 Å². The summed E-state index contributed by atoms with van der Waals surface area (Å²) >= 11 is 6.45. The highest BCUT2D eigenvalue weighted by atomic mass is 79.9. The van der Waals surface area contributed by atoms with Crippen molar-refractivity contribution in [2.45, 2.75) is 49.2 Å². The Morgan fingerprint density at radius 1 is 1.19 bits per heavy atom. The molecule has 0 aliphatic carbocycles. The van der Waals surface area contributed by atoms with Gasteiger partial charge in [0.2, 0.25) is 0 Å². The lowest BCUT2D eigenvalue weighted by molar-refractivity contribution is -0.140. The lowest BCUT2D eigenvalue weighted by Gasteiger charge is -2.29. The molecule has 1 aromatic carbocycles. The van der Waals surface area contributed by atoms with Crippen LogP contribution in [0.1, 0.15) is 39.5 Å². The van der Waals surface area contributed by atoms with Gasteiger partial charge in [-0.15, -0.1) is 0 Å². The van der Waals surface area contributed by atoms with Gasteiger partial charge < -0.3 is 5.11 Å². The maximum atomic E-state index is 13.0. The summed E-state index contributed by atoms with van der Waals surface area (Å²) in [4.78, 5) is 11.8. The topological polar surface area (TPSA) is 71.4 Å². The third-order valence-corrected chi connectivity index (χ3v) is 7.37. The first-order valence-electron chi connectivity index (χ1n) is 6.66. The molecule has 0 aromatic heterocycles. The lowest BCUT2D eigenvalue weighted by atomic mass is 9.97. The van der Waals surface area contributed by atoms with Gasteiger partial charge in [-0.2, -0.15) is 0 Å². The van der Waals surface area contributed by atoms with E-state index in [4.69, 9.17) is 0 Å². The number of benzene rings is 1. The summed E-state index contributed by atoms with van der Waals surface area (Å²) in [5, 5.41) is 9.64. The van der Waals surface area contributed by atoms with E-state index in [1.807, 2.05) is 0 Å². The molecular formula is C14H18Br2O4S. The summed E-state index contributed by atoms with van der Waals surface area (Å²) in [6, 6.07) is 4.75. The van der Waals surface area contributed by atoms with Crippen molar-refractivity contribution in [3.8, 4) is 0 Å². The Balaban J connectivity index is 3.60. The molecule has 4 nitrogen and oxygen atoms in total. The molecule has 0 heterocycles. The number of sulfone groups is 1. The van der Waals surface area contributed by atoms with Crippen LogP contribution < -0.4 is 0 Å². The molecule has 0 atom stereocenters. The maximum Gasteiger partial charge on any atom is 0.325 e. The normalized spacial score (nSPS) is 12.4. The summed E-state index contributed by atoms with van der Waals surface area (Å²) in [5.41, 5.74) is 0. The molecule has 1 aromatic rings. The molecule has 0 amide bonds. The smallest absolute Gasteiger partial charge is 0.325 e. The van der Waals surface area contributed by atoms with Crippen LogP contribution in [0.3, 0.4) is 0 Å². The van der Waals surface area contributed by atoms with Crippen molar-refractivity contribution in [2.75, 3.05) is 0 Å². The van der Waals surface area contributed by atoms with Crippen LogP contribution in [-0.4, -0.2) is 24.2 Å². The van der Waals surface area contributed by atoms with Crippen molar-refractivity contribution in [2.24, 2.45) is 0 Å². The monoisotopic (exact) mass is 440 g/mol. The number of halogens is 2. The van der Waals surface area contributed by atoms with Crippen LogP contribution in [0.2, 0.25) is 0 Å². The Labute approximate surface area is 142 Å². The molecule has 0 aliphatic rings. The Bertz CT molecular complexity index is 620. The zero-order valence-electron chi connectivity index (χ0n) is 11.9. The molecule has 0 spiro atoms. The van der Waals surface area contributed by atoms with Crippen LogP contribution >= 0.6 is 31.9 Å². The van der Waals surface area contributed by atoms with Crippen molar-refractivity contribution in [1.82, 2.24) is 0 Å². The molecular weight excluding hydrogens is 424 g/mol. The van der Waals surface area contributed by atoms with E-state index in [0.29, 0.717) is 21.8 Å². The molecule has 118 valence electrons. The van der Waals surface area contributed by atoms with Gasteiger partial charge in [0, 0.05) is 8.95 Å². The van der Waals surface area contributed by atoms with E-state index in [-0.39, 0.29) is 17.7 Å². The van der Waals surface area contributed by atoms with E-state index < -0.39 is 20.6 Å². The van der Waals surface area contributed by atoms with Crippen molar-refractivity contribution in [3.05, 3.63) is 27.1 Å². The fourth-order valence-corrected chi connectivity index (χ4v) is 6.03. The first kappa shape index (κ1) is 18.6. The van der Waals surface area contributed by atoms with Gasteiger partial charge in [0.1, 0.15) is 0 Å². The minimum absolute atomic E-state index is 0.0150. The molecule has 0 fully saturated rings. The molecule has 0 saturated heterocycles. The first-order valence-corrected chi connectivity index (χ1v) is 9.73. The van der Waals surface area contributed by atoms with E-state index in [2.05, 4.69) is 31.9 Å². The molecule has 0 radical (unpaired) electrons. The second kappa shape index (κ2) is 7.24. The Morgan fingerprint density at radius 2 is 1.71 bits per heavy atom.